The summed E-state index contributed by atoms with van der Waals surface area (Å²) in [5.41, 5.74) is 5.40. The van der Waals surface area contributed by atoms with E-state index in [-0.39, 0.29) is 37.6 Å². The number of amides is 1. The van der Waals surface area contributed by atoms with Gasteiger partial charge in [0.05, 0.1) is 13.2 Å². The molecule has 0 radical (unpaired) electrons. The van der Waals surface area contributed by atoms with Crippen LogP contribution in [-0.2, 0) is 22.4 Å². The van der Waals surface area contributed by atoms with Crippen LogP contribution in [0, 0.1) is 13.8 Å². The summed E-state index contributed by atoms with van der Waals surface area (Å²) >= 11 is 0. The van der Waals surface area contributed by atoms with Crippen LogP contribution in [0.3, 0.4) is 0 Å². The van der Waals surface area contributed by atoms with Crippen molar-refractivity contribution in [2.45, 2.75) is 44.8 Å². The van der Waals surface area contributed by atoms with Crippen molar-refractivity contribution in [1.82, 2.24) is 10.2 Å². The number of fused-ring (bicyclic) bond motifs is 6. The third-order valence-electron chi connectivity index (χ3n) is 9.21. The molecule has 0 saturated carbocycles. The van der Waals surface area contributed by atoms with E-state index in [9.17, 15) is 14.7 Å². The van der Waals surface area contributed by atoms with Gasteiger partial charge in [0.1, 0.15) is 12.4 Å². The number of likely N-dealkylation sites (N-methyl/N-ethyl adjacent to an activating group) is 1. The first-order valence-electron chi connectivity index (χ1n) is 15.9. The Morgan fingerprint density at radius 1 is 1.12 bits per heavy atom. The largest absolute Gasteiger partial charge is 0.661 e. The lowest BCUT2D eigenvalue weighted by Gasteiger charge is -2.46. The van der Waals surface area contributed by atoms with Crippen LogP contribution in [0.1, 0.15) is 51.0 Å². The average molecular weight is 655 g/mol. The average Bonchev–Trinajstić information content (AvgIpc) is 3.52. The van der Waals surface area contributed by atoms with Gasteiger partial charge in [-0.05, 0) is 56.0 Å². The number of ether oxygens (including phenoxy) is 5. The number of rotatable bonds is 9. The van der Waals surface area contributed by atoms with Gasteiger partial charge in [-0.3, -0.25) is 9.69 Å². The Morgan fingerprint density at radius 2 is 1.90 bits per heavy atom. The van der Waals surface area contributed by atoms with Gasteiger partial charge in [0.15, 0.2) is 23.0 Å². The molecule has 3 atom stereocenters. The quantitative estimate of drug-likeness (QED) is 0.126. The Kier molecular flexibility index (Phi) is 9.61. The van der Waals surface area contributed by atoms with Gasteiger partial charge in [-0.1, -0.05) is 49.1 Å². The van der Waals surface area contributed by atoms with E-state index in [1.165, 1.54) is 19.3 Å². The predicted molar refractivity (Wildman–Crippen MR) is 180 cm³/mol. The van der Waals surface area contributed by atoms with Crippen LogP contribution < -0.4 is 24.3 Å². The number of phenolic OH excluding ortho intramolecular Hbond substituents is 1. The second kappa shape index (κ2) is 14.0. The van der Waals surface area contributed by atoms with Crippen LogP contribution in [-0.4, -0.2) is 68.8 Å². The number of hydrogen-bond donors (Lipinski definition) is 2. The van der Waals surface area contributed by atoms with Gasteiger partial charge in [0, 0.05) is 40.9 Å². The first-order valence-corrected chi connectivity index (χ1v) is 15.9. The molecule has 3 aromatic rings. The van der Waals surface area contributed by atoms with Gasteiger partial charge in [-0.25, -0.2) is 4.79 Å². The fraction of sp³-hybridized carbons (Fsp3) is 0.351. The minimum Gasteiger partial charge on any atom is -0.661 e. The van der Waals surface area contributed by atoms with Crippen LogP contribution in [0.5, 0.6) is 28.7 Å². The first kappa shape index (κ1) is 32.9. The van der Waals surface area contributed by atoms with Crippen LogP contribution in [0.15, 0.2) is 55.1 Å². The second-order valence-electron chi connectivity index (χ2n) is 12.0. The van der Waals surface area contributed by atoms with E-state index in [0.29, 0.717) is 59.1 Å². The van der Waals surface area contributed by atoms with Crippen molar-refractivity contribution in [1.29, 1.82) is 0 Å². The Balaban J connectivity index is 1.50. The maximum atomic E-state index is 13.3. The minimum atomic E-state index is -0.886. The lowest BCUT2D eigenvalue weighted by atomic mass is 9.81. The number of nitrogens with one attached hydrogen (secondary N) is 1. The van der Waals surface area contributed by atoms with Gasteiger partial charge < -0.3 is 39.4 Å². The molecule has 0 aliphatic carbocycles. The molecule has 252 valence electrons. The summed E-state index contributed by atoms with van der Waals surface area (Å²) in [5, 5.41) is 19.6. The summed E-state index contributed by atoms with van der Waals surface area (Å²) in [7, 11) is 3.33. The third kappa shape index (κ3) is 6.18. The van der Waals surface area contributed by atoms with Crippen molar-refractivity contribution in [2.75, 3.05) is 40.6 Å². The lowest BCUT2D eigenvalue weighted by Crippen LogP contribution is -2.46. The number of carbonyl (C=O) groups excluding carboxylic acids is 2. The molecule has 11 nitrogen and oxygen atoms in total. The number of aryl methyl sites for hydroxylation is 1. The van der Waals surface area contributed by atoms with E-state index < -0.39 is 18.2 Å². The van der Waals surface area contributed by atoms with Crippen LogP contribution in [0.2, 0.25) is 0 Å². The van der Waals surface area contributed by atoms with Gasteiger partial charge in [-0.2, -0.15) is 7.05 Å². The van der Waals surface area contributed by atoms with Crippen molar-refractivity contribution >= 4 is 18.1 Å². The first-order chi connectivity index (χ1) is 23.2. The molecule has 0 spiro atoms. The molecule has 3 heterocycles. The molecule has 6 rings (SSSR count). The molecule has 3 aromatic carbocycles. The zero-order valence-electron chi connectivity index (χ0n) is 27.6. The highest BCUT2D eigenvalue weighted by atomic mass is 16.7. The fourth-order valence-electron chi connectivity index (χ4n) is 7.11. The number of carbonyl (C=O) groups is 2. The van der Waals surface area contributed by atoms with Crippen molar-refractivity contribution in [2.24, 2.45) is 0 Å². The predicted octanol–water partition coefficient (Wildman–Crippen LogP) is 5.85. The molecule has 0 unspecified atom stereocenters. The highest BCUT2D eigenvalue weighted by Gasteiger charge is 2.45. The second-order valence-corrected chi connectivity index (χ2v) is 12.0. The van der Waals surface area contributed by atoms with E-state index in [4.69, 9.17) is 29.0 Å². The number of benzene rings is 3. The SMILES string of the molecule is C=CCOC(=O)Oc1c(C)c2c(c3c1C[C@H]1c4c(cc(C)c(OC)c4O)C[C@H]([N-]C)CN1[C@H]3CNC(=O)/C=C/c1ccccc1)OCO2. The summed E-state index contributed by atoms with van der Waals surface area (Å²) in [6, 6.07) is 10.6. The third-order valence-corrected chi connectivity index (χ3v) is 9.21. The number of hydrogen-bond acceptors (Lipinski definition) is 9. The zero-order valence-corrected chi connectivity index (χ0v) is 27.6. The molecule has 0 saturated heterocycles. The number of aromatic hydroxyl groups is 1. The Morgan fingerprint density at radius 3 is 2.62 bits per heavy atom. The van der Waals surface area contributed by atoms with E-state index in [0.717, 1.165) is 22.3 Å². The summed E-state index contributed by atoms with van der Waals surface area (Å²) in [5.74, 6) is 1.47. The normalized spacial score (nSPS) is 19.5. The molecule has 48 heavy (non-hydrogen) atoms. The van der Waals surface area contributed by atoms with E-state index in [1.54, 1.807) is 20.0 Å². The maximum Gasteiger partial charge on any atom is 0.514 e. The van der Waals surface area contributed by atoms with Crippen LogP contribution >= 0.6 is 0 Å². The summed E-state index contributed by atoms with van der Waals surface area (Å²) in [6.07, 6.45) is 4.78. The van der Waals surface area contributed by atoms with Crippen molar-refractivity contribution in [3.8, 4) is 28.7 Å². The van der Waals surface area contributed by atoms with E-state index in [1.807, 2.05) is 43.3 Å². The number of nitrogens with zero attached hydrogens (tertiary/aromatic N) is 2. The molecular weight excluding hydrogens is 614 g/mol. The monoisotopic (exact) mass is 654 g/mol. The number of methoxy groups -OCH3 is 1. The fourth-order valence-corrected chi connectivity index (χ4v) is 7.11. The van der Waals surface area contributed by atoms with Gasteiger partial charge in [0.25, 0.3) is 0 Å². The molecule has 2 N–H and O–H groups in total. The molecule has 1 amide bonds. The zero-order chi connectivity index (χ0) is 33.9. The molecule has 0 aromatic heterocycles. The molecule has 0 bridgehead atoms. The summed E-state index contributed by atoms with van der Waals surface area (Å²) in [4.78, 5) is 28.4. The van der Waals surface area contributed by atoms with Crippen LogP contribution in [0.25, 0.3) is 11.4 Å². The smallest absolute Gasteiger partial charge is 0.514 e. The summed E-state index contributed by atoms with van der Waals surface area (Å²) in [6.45, 7) is 7.99. The molecule has 11 heteroatoms. The topological polar surface area (TPSA) is 130 Å². The van der Waals surface area contributed by atoms with Crippen molar-refractivity contribution < 1.29 is 38.4 Å². The standard InChI is InChI=1S/C37H40N3O8/c1-6-14-45-37(43)48-34-22(3)35-36(47-20-46-35)31-26(34)17-27-30-24(15-21(2)33(44-5)32(30)42)16-25(38-4)19-40(27)28(31)18-39-29(41)13-12-23-10-8-7-9-11-23/h6-13,15,25,27-28,42H,1,14,16-20H2,2-5H3,(H,39,41)/q-1/b13-12+/t25-,27-,28-/m0/s1. The highest BCUT2D eigenvalue weighted by molar-refractivity contribution is 5.91. The minimum absolute atomic E-state index is 0.0116. The molecular formula is C37H40N3O8-. The Labute approximate surface area is 280 Å². The molecule has 0 fully saturated rings. The molecule has 3 aliphatic heterocycles. The highest BCUT2D eigenvalue weighted by Crippen LogP contribution is 2.57. The summed E-state index contributed by atoms with van der Waals surface area (Å²) < 4.78 is 28.8. The Hall–Kier alpha value is -5.00. The van der Waals surface area contributed by atoms with Crippen molar-refractivity contribution in [3.05, 3.63) is 99.4 Å². The molecule has 3 aliphatic rings. The number of phenols is 1. The van der Waals surface area contributed by atoms with Gasteiger partial charge in [0.2, 0.25) is 12.7 Å². The van der Waals surface area contributed by atoms with Crippen LogP contribution in [0.4, 0.5) is 4.79 Å². The van der Waals surface area contributed by atoms with Crippen molar-refractivity contribution in [3.63, 3.8) is 0 Å². The lowest BCUT2D eigenvalue weighted by molar-refractivity contribution is -0.116. The van der Waals surface area contributed by atoms with Gasteiger partial charge >= 0.3 is 6.16 Å². The van der Waals surface area contributed by atoms with E-state index in [2.05, 4.69) is 16.8 Å². The Bertz CT molecular complexity index is 1760. The van der Waals surface area contributed by atoms with Gasteiger partial charge in [-0.15, -0.1) is 6.04 Å². The van der Waals surface area contributed by atoms with E-state index >= 15 is 0 Å². The maximum absolute atomic E-state index is 13.3.